The van der Waals surface area contributed by atoms with Crippen LogP contribution in [-0.2, 0) is 0 Å². The molecule has 1 aliphatic heterocycles. The fourth-order valence-electron chi connectivity index (χ4n) is 3.55. The van der Waals surface area contributed by atoms with Gasteiger partial charge in [-0.15, -0.1) is 0 Å². The van der Waals surface area contributed by atoms with Crippen LogP contribution in [0.3, 0.4) is 0 Å². The van der Waals surface area contributed by atoms with Crippen molar-refractivity contribution in [1.82, 2.24) is 10.6 Å². The van der Waals surface area contributed by atoms with Crippen LogP contribution in [0.15, 0.2) is 18.2 Å². The average Bonchev–Trinajstić information content (AvgIpc) is 2.27. The van der Waals surface area contributed by atoms with Gasteiger partial charge in [0.1, 0.15) is 0 Å². The second kappa shape index (κ2) is 5.34. The van der Waals surface area contributed by atoms with Crippen LogP contribution < -0.4 is 16.4 Å². The van der Waals surface area contributed by atoms with Gasteiger partial charge in [0.05, 0.1) is 5.56 Å². The summed E-state index contributed by atoms with van der Waals surface area (Å²) in [7, 11) is 0. The zero-order valence-corrected chi connectivity index (χ0v) is 13.7. The van der Waals surface area contributed by atoms with Crippen molar-refractivity contribution in [2.24, 2.45) is 0 Å². The molecule has 0 atom stereocenters. The van der Waals surface area contributed by atoms with Crippen molar-refractivity contribution in [3.05, 3.63) is 29.3 Å². The molecule has 116 valence electrons. The number of piperidine rings is 1. The Hall–Kier alpha value is -1.55. The minimum atomic E-state index is -0.0744. The molecule has 0 saturated carbocycles. The number of rotatable bonds is 2. The standard InChI is InChI=1S/C17H27N3O/c1-11-6-7-14(18)13(8-11)15(21)19-12-9-16(2,3)20-17(4,5)10-12/h6-8,12,20H,9-10,18H2,1-5H3,(H,19,21). The van der Waals surface area contributed by atoms with Gasteiger partial charge in [0.25, 0.3) is 5.91 Å². The zero-order chi connectivity index (χ0) is 15.8. The molecule has 1 aromatic carbocycles. The molecule has 1 heterocycles. The molecule has 1 aliphatic rings. The molecule has 0 unspecified atom stereocenters. The highest BCUT2D eigenvalue weighted by Gasteiger charge is 2.38. The average molecular weight is 289 g/mol. The third-order valence-corrected chi connectivity index (χ3v) is 3.98. The molecule has 1 saturated heterocycles. The molecule has 4 nitrogen and oxygen atoms in total. The van der Waals surface area contributed by atoms with E-state index >= 15 is 0 Å². The number of hydrogen-bond acceptors (Lipinski definition) is 3. The van der Waals surface area contributed by atoms with E-state index in [0.29, 0.717) is 11.3 Å². The first kappa shape index (κ1) is 15.8. The third kappa shape index (κ3) is 3.97. The zero-order valence-electron chi connectivity index (χ0n) is 13.7. The maximum Gasteiger partial charge on any atom is 0.253 e. The highest BCUT2D eigenvalue weighted by atomic mass is 16.1. The molecular weight excluding hydrogens is 262 g/mol. The number of nitrogens with two attached hydrogens (primary N) is 1. The summed E-state index contributed by atoms with van der Waals surface area (Å²) in [6.45, 7) is 10.7. The van der Waals surface area contributed by atoms with Crippen molar-refractivity contribution >= 4 is 11.6 Å². The Bertz CT molecular complexity index is 533. The number of carbonyl (C=O) groups excluding carboxylic acids is 1. The van der Waals surface area contributed by atoms with Crippen LogP contribution in [0.5, 0.6) is 0 Å². The Labute approximate surface area is 127 Å². The van der Waals surface area contributed by atoms with Crippen molar-refractivity contribution in [2.45, 2.75) is 64.6 Å². The van der Waals surface area contributed by atoms with Crippen molar-refractivity contribution in [3.8, 4) is 0 Å². The number of nitrogens with one attached hydrogen (secondary N) is 2. The molecule has 1 fully saturated rings. The quantitative estimate of drug-likeness (QED) is 0.733. The van der Waals surface area contributed by atoms with Crippen LogP contribution >= 0.6 is 0 Å². The van der Waals surface area contributed by atoms with E-state index < -0.39 is 0 Å². The van der Waals surface area contributed by atoms with E-state index in [1.807, 2.05) is 19.1 Å². The van der Waals surface area contributed by atoms with Gasteiger partial charge in [-0.1, -0.05) is 11.6 Å². The van der Waals surface area contributed by atoms with Gasteiger partial charge in [0, 0.05) is 22.8 Å². The van der Waals surface area contributed by atoms with Gasteiger partial charge in [-0.3, -0.25) is 4.79 Å². The number of aryl methyl sites for hydroxylation is 1. The molecule has 0 spiro atoms. The summed E-state index contributed by atoms with van der Waals surface area (Å²) >= 11 is 0. The predicted molar refractivity (Wildman–Crippen MR) is 87.4 cm³/mol. The number of benzene rings is 1. The van der Waals surface area contributed by atoms with Gasteiger partial charge in [-0.25, -0.2) is 0 Å². The van der Waals surface area contributed by atoms with Gasteiger partial charge in [0.15, 0.2) is 0 Å². The number of carbonyl (C=O) groups is 1. The summed E-state index contributed by atoms with van der Waals surface area (Å²) < 4.78 is 0. The summed E-state index contributed by atoms with van der Waals surface area (Å²) in [5.74, 6) is -0.0744. The Balaban J connectivity index is 2.14. The van der Waals surface area contributed by atoms with Crippen molar-refractivity contribution in [2.75, 3.05) is 5.73 Å². The molecule has 1 aromatic rings. The lowest BCUT2D eigenvalue weighted by atomic mass is 9.79. The van der Waals surface area contributed by atoms with Crippen molar-refractivity contribution in [3.63, 3.8) is 0 Å². The lowest BCUT2D eigenvalue weighted by Gasteiger charge is -2.46. The van der Waals surface area contributed by atoms with Crippen molar-refractivity contribution < 1.29 is 4.79 Å². The molecule has 1 amide bonds. The van der Waals surface area contributed by atoms with Crippen molar-refractivity contribution in [1.29, 1.82) is 0 Å². The molecule has 0 aromatic heterocycles. The monoisotopic (exact) mass is 289 g/mol. The molecule has 0 aliphatic carbocycles. The molecule has 4 heteroatoms. The van der Waals surface area contributed by atoms with Crippen LogP contribution in [0.4, 0.5) is 5.69 Å². The minimum absolute atomic E-state index is 0.0118. The Morgan fingerprint density at radius 3 is 2.38 bits per heavy atom. The van der Waals surface area contributed by atoms with Gasteiger partial charge < -0.3 is 16.4 Å². The fraction of sp³-hybridized carbons (Fsp3) is 0.588. The van der Waals surface area contributed by atoms with Gasteiger partial charge >= 0.3 is 0 Å². The fourth-order valence-corrected chi connectivity index (χ4v) is 3.55. The van der Waals surface area contributed by atoms with Crippen LogP contribution in [0.1, 0.15) is 56.5 Å². The van der Waals surface area contributed by atoms with Gasteiger partial charge in [-0.05, 0) is 59.6 Å². The predicted octanol–water partition coefficient (Wildman–Crippen LogP) is 2.62. The van der Waals surface area contributed by atoms with Gasteiger partial charge in [-0.2, -0.15) is 0 Å². The molecule has 4 N–H and O–H groups in total. The number of hydrogen-bond donors (Lipinski definition) is 3. The summed E-state index contributed by atoms with van der Waals surface area (Å²) in [5.41, 5.74) is 8.10. The number of nitrogen functional groups attached to an aromatic ring is 1. The Kier molecular flexibility index (Phi) is 4.02. The third-order valence-electron chi connectivity index (χ3n) is 3.98. The molecule has 2 rings (SSSR count). The maximum atomic E-state index is 12.5. The van der Waals surface area contributed by atoms with E-state index in [1.54, 1.807) is 6.07 Å². The van der Waals surface area contributed by atoms with E-state index in [-0.39, 0.29) is 23.0 Å². The highest BCUT2D eigenvalue weighted by molar-refractivity contribution is 5.99. The topological polar surface area (TPSA) is 67.2 Å². The van der Waals surface area contributed by atoms with E-state index in [4.69, 9.17) is 5.73 Å². The molecule has 0 radical (unpaired) electrons. The maximum absolute atomic E-state index is 12.5. The summed E-state index contributed by atoms with van der Waals surface area (Å²) in [4.78, 5) is 12.5. The first-order valence-electron chi connectivity index (χ1n) is 7.54. The Morgan fingerprint density at radius 1 is 1.24 bits per heavy atom. The molecular formula is C17H27N3O. The number of amides is 1. The first-order chi connectivity index (χ1) is 9.58. The first-order valence-corrected chi connectivity index (χ1v) is 7.54. The normalized spacial score (nSPS) is 21.0. The van der Waals surface area contributed by atoms with E-state index in [1.165, 1.54) is 0 Å². The lowest BCUT2D eigenvalue weighted by molar-refractivity contribution is 0.0874. The molecule has 21 heavy (non-hydrogen) atoms. The second-order valence-electron chi connectivity index (χ2n) is 7.56. The smallest absolute Gasteiger partial charge is 0.253 e. The van der Waals surface area contributed by atoms with Crippen LogP contribution in [-0.4, -0.2) is 23.0 Å². The summed E-state index contributed by atoms with van der Waals surface area (Å²) in [6, 6.07) is 5.72. The van der Waals surface area contributed by atoms with E-state index in [9.17, 15) is 4.79 Å². The Morgan fingerprint density at radius 2 is 1.81 bits per heavy atom. The largest absolute Gasteiger partial charge is 0.398 e. The minimum Gasteiger partial charge on any atom is -0.398 e. The lowest BCUT2D eigenvalue weighted by Crippen LogP contribution is -2.62. The summed E-state index contributed by atoms with van der Waals surface area (Å²) in [6.07, 6.45) is 1.82. The number of anilines is 1. The van der Waals surface area contributed by atoms with Crippen LogP contribution in [0.2, 0.25) is 0 Å². The van der Waals surface area contributed by atoms with Crippen LogP contribution in [0, 0.1) is 6.92 Å². The second-order valence-corrected chi connectivity index (χ2v) is 7.56. The highest BCUT2D eigenvalue weighted by Crippen LogP contribution is 2.28. The van der Waals surface area contributed by atoms with E-state index in [0.717, 1.165) is 18.4 Å². The van der Waals surface area contributed by atoms with Gasteiger partial charge in [0.2, 0.25) is 0 Å². The SMILES string of the molecule is Cc1ccc(N)c(C(=O)NC2CC(C)(C)NC(C)(C)C2)c1. The van der Waals surface area contributed by atoms with E-state index in [2.05, 4.69) is 38.3 Å². The molecule has 0 bridgehead atoms. The van der Waals surface area contributed by atoms with Crippen LogP contribution in [0.25, 0.3) is 0 Å². The summed E-state index contributed by atoms with van der Waals surface area (Å²) in [5, 5.41) is 6.77.